The average Bonchev–Trinajstić information content (AvgIpc) is 2.58. The normalized spacial score (nSPS) is 10.5. The summed E-state index contributed by atoms with van der Waals surface area (Å²) in [4.78, 5) is 18.9. The van der Waals surface area contributed by atoms with E-state index in [1.807, 2.05) is 12.3 Å². The van der Waals surface area contributed by atoms with Crippen LogP contribution in [0.1, 0.15) is 5.56 Å². The Hall–Kier alpha value is -1.69. The molecule has 3 N–H and O–H groups in total. The van der Waals surface area contributed by atoms with Gasteiger partial charge >= 0.3 is 0 Å². The fourth-order valence-electron chi connectivity index (χ4n) is 1.27. The van der Waals surface area contributed by atoms with Crippen molar-refractivity contribution < 1.29 is 4.79 Å². The topological polar surface area (TPSA) is 80.9 Å². The lowest BCUT2D eigenvalue weighted by Crippen LogP contribution is -2.22. The lowest BCUT2D eigenvalue weighted by molar-refractivity contribution is -0.116. The number of carbonyl (C=O) groups excluding carboxylic acids is 1. The molecule has 0 spiro atoms. The standard InChI is InChI=1S/C9H10N4OS/c1-5-3-15-8-7(5)12-4-13-9(8)11-2-6(10)14/h3-4H,2H2,1H3,(H2,10,14)(H,11,12,13). The fourth-order valence-corrected chi connectivity index (χ4v) is 2.23. The SMILES string of the molecule is Cc1csc2c(NCC(N)=O)ncnc12. The summed E-state index contributed by atoms with van der Waals surface area (Å²) in [5.74, 6) is 0.256. The number of amides is 1. The van der Waals surface area contributed by atoms with E-state index in [9.17, 15) is 4.79 Å². The van der Waals surface area contributed by atoms with Gasteiger partial charge in [-0.15, -0.1) is 11.3 Å². The lowest BCUT2D eigenvalue weighted by Gasteiger charge is -2.02. The summed E-state index contributed by atoms with van der Waals surface area (Å²) in [6, 6.07) is 0. The molecule has 5 nitrogen and oxygen atoms in total. The molecule has 15 heavy (non-hydrogen) atoms. The fraction of sp³-hybridized carbons (Fsp3) is 0.222. The molecule has 0 aliphatic rings. The van der Waals surface area contributed by atoms with Crippen LogP contribution in [-0.4, -0.2) is 22.4 Å². The van der Waals surface area contributed by atoms with Gasteiger partial charge in [0.1, 0.15) is 12.1 Å². The summed E-state index contributed by atoms with van der Waals surface area (Å²) in [7, 11) is 0. The van der Waals surface area contributed by atoms with Crippen LogP contribution in [0.5, 0.6) is 0 Å². The first-order valence-electron chi connectivity index (χ1n) is 4.39. The third-order valence-corrected chi connectivity index (χ3v) is 3.05. The van der Waals surface area contributed by atoms with Crippen molar-refractivity contribution in [2.24, 2.45) is 5.73 Å². The van der Waals surface area contributed by atoms with Crippen molar-refractivity contribution >= 4 is 33.3 Å². The molecule has 0 aromatic carbocycles. The molecular formula is C9H10N4OS. The van der Waals surface area contributed by atoms with Crippen molar-refractivity contribution in [3.8, 4) is 0 Å². The number of hydrogen-bond donors (Lipinski definition) is 2. The van der Waals surface area contributed by atoms with Crippen LogP contribution in [0.4, 0.5) is 5.82 Å². The number of nitrogens with one attached hydrogen (secondary N) is 1. The molecule has 0 saturated carbocycles. The van der Waals surface area contributed by atoms with Crippen molar-refractivity contribution in [3.63, 3.8) is 0 Å². The van der Waals surface area contributed by atoms with E-state index in [0.717, 1.165) is 15.8 Å². The molecule has 2 heterocycles. The first-order valence-corrected chi connectivity index (χ1v) is 5.27. The molecule has 6 heteroatoms. The predicted octanol–water partition coefficient (Wildman–Crippen LogP) is 0.897. The summed E-state index contributed by atoms with van der Waals surface area (Å²) < 4.78 is 0.955. The van der Waals surface area contributed by atoms with E-state index in [1.165, 1.54) is 6.33 Å². The zero-order valence-corrected chi connectivity index (χ0v) is 8.97. The smallest absolute Gasteiger partial charge is 0.236 e. The first-order chi connectivity index (χ1) is 7.18. The van der Waals surface area contributed by atoms with Crippen molar-refractivity contribution in [2.45, 2.75) is 6.92 Å². The molecule has 0 bridgehead atoms. The van der Waals surface area contributed by atoms with Gasteiger partial charge in [-0.05, 0) is 17.9 Å². The molecule has 0 saturated heterocycles. The summed E-state index contributed by atoms with van der Waals surface area (Å²) in [5.41, 5.74) is 7.08. The average molecular weight is 222 g/mol. The summed E-state index contributed by atoms with van der Waals surface area (Å²) in [6.45, 7) is 2.08. The van der Waals surface area contributed by atoms with E-state index >= 15 is 0 Å². The highest BCUT2D eigenvalue weighted by molar-refractivity contribution is 7.18. The molecule has 0 atom stereocenters. The number of thiophene rings is 1. The number of aryl methyl sites for hydroxylation is 1. The number of carbonyl (C=O) groups is 1. The minimum absolute atomic E-state index is 0.0864. The van der Waals surface area contributed by atoms with Crippen LogP contribution < -0.4 is 11.1 Å². The molecule has 0 fully saturated rings. The Kier molecular flexibility index (Phi) is 2.51. The van der Waals surface area contributed by atoms with E-state index in [1.54, 1.807) is 11.3 Å². The number of fused-ring (bicyclic) bond motifs is 1. The van der Waals surface area contributed by atoms with Gasteiger partial charge < -0.3 is 11.1 Å². The molecule has 0 aliphatic heterocycles. The Morgan fingerprint density at radius 3 is 3.13 bits per heavy atom. The highest BCUT2D eigenvalue weighted by Crippen LogP contribution is 2.28. The second-order valence-electron chi connectivity index (χ2n) is 3.14. The molecule has 0 unspecified atom stereocenters. The second kappa shape index (κ2) is 3.82. The minimum Gasteiger partial charge on any atom is -0.368 e. The number of aromatic nitrogens is 2. The highest BCUT2D eigenvalue weighted by atomic mass is 32.1. The third-order valence-electron chi connectivity index (χ3n) is 1.96. The van der Waals surface area contributed by atoms with E-state index in [2.05, 4.69) is 15.3 Å². The van der Waals surface area contributed by atoms with Gasteiger partial charge in [0.2, 0.25) is 5.91 Å². The molecule has 2 rings (SSSR count). The van der Waals surface area contributed by atoms with Crippen molar-refractivity contribution in [1.82, 2.24) is 9.97 Å². The molecule has 78 valence electrons. The monoisotopic (exact) mass is 222 g/mol. The van der Waals surface area contributed by atoms with Gasteiger partial charge in [-0.2, -0.15) is 0 Å². The number of hydrogen-bond acceptors (Lipinski definition) is 5. The Morgan fingerprint density at radius 1 is 1.60 bits per heavy atom. The summed E-state index contributed by atoms with van der Waals surface area (Å²) in [5, 5.41) is 4.89. The predicted molar refractivity (Wildman–Crippen MR) is 59.8 cm³/mol. The lowest BCUT2D eigenvalue weighted by atomic mass is 10.3. The van der Waals surface area contributed by atoms with Crippen LogP contribution in [0, 0.1) is 6.92 Å². The van der Waals surface area contributed by atoms with Gasteiger partial charge in [0.15, 0.2) is 0 Å². The summed E-state index contributed by atoms with van der Waals surface area (Å²) >= 11 is 1.55. The van der Waals surface area contributed by atoms with Crippen molar-refractivity contribution in [1.29, 1.82) is 0 Å². The van der Waals surface area contributed by atoms with Crippen LogP contribution in [0.2, 0.25) is 0 Å². The van der Waals surface area contributed by atoms with E-state index < -0.39 is 5.91 Å². The Balaban J connectivity index is 2.38. The van der Waals surface area contributed by atoms with Crippen LogP contribution >= 0.6 is 11.3 Å². The summed E-state index contributed by atoms with van der Waals surface area (Å²) in [6.07, 6.45) is 1.48. The van der Waals surface area contributed by atoms with E-state index in [-0.39, 0.29) is 6.54 Å². The van der Waals surface area contributed by atoms with Crippen LogP contribution in [0.3, 0.4) is 0 Å². The first kappa shape index (κ1) is 9.85. The quantitative estimate of drug-likeness (QED) is 0.808. The maximum Gasteiger partial charge on any atom is 0.236 e. The highest BCUT2D eigenvalue weighted by Gasteiger charge is 2.07. The zero-order valence-electron chi connectivity index (χ0n) is 8.15. The van der Waals surface area contributed by atoms with E-state index in [4.69, 9.17) is 5.73 Å². The molecule has 1 amide bonds. The van der Waals surface area contributed by atoms with Gasteiger partial charge in [-0.25, -0.2) is 9.97 Å². The number of nitrogens with zero attached hydrogens (tertiary/aromatic N) is 2. The largest absolute Gasteiger partial charge is 0.368 e. The van der Waals surface area contributed by atoms with Gasteiger partial charge in [0.05, 0.1) is 16.8 Å². The zero-order chi connectivity index (χ0) is 10.8. The second-order valence-corrected chi connectivity index (χ2v) is 4.02. The van der Waals surface area contributed by atoms with Crippen LogP contribution in [-0.2, 0) is 4.79 Å². The van der Waals surface area contributed by atoms with Crippen LogP contribution in [0.15, 0.2) is 11.7 Å². The number of anilines is 1. The Labute approximate surface area is 90.3 Å². The van der Waals surface area contributed by atoms with Gasteiger partial charge in [-0.1, -0.05) is 0 Å². The van der Waals surface area contributed by atoms with Crippen molar-refractivity contribution in [2.75, 3.05) is 11.9 Å². The van der Waals surface area contributed by atoms with Crippen LogP contribution in [0.25, 0.3) is 10.2 Å². The van der Waals surface area contributed by atoms with Gasteiger partial charge in [0, 0.05) is 0 Å². The third kappa shape index (κ3) is 1.89. The molecular weight excluding hydrogens is 212 g/mol. The number of nitrogens with two attached hydrogens (primary N) is 1. The van der Waals surface area contributed by atoms with Gasteiger partial charge in [0.25, 0.3) is 0 Å². The number of primary amides is 1. The minimum atomic E-state index is -0.407. The molecule has 2 aromatic heterocycles. The Bertz CT molecular complexity index is 508. The maximum atomic E-state index is 10.6. The maximum absolute atomic E-state index is 10.6. The molecule has 0 aliphatic carbocycles. The molecule has 0 radical (unpaired) electrons. The van der Waals surface area contributed by atoms with Gasteiger partial charge in [-0.3, -0.25) is 4.79 Å². The Morgan fingerprint density at radius 2 is 2.40 bits per heavy atom. The number of rotatable bonds is 3. The molecule has 2 aromatic rings. The van der Waals surface area contributed by atoms with E-state index in [0.29, 0.717) is 5.82 Å². The van der Waals surface area contributed by atoms with Crippen molar-refractivity contribution in [3.05, 3.63) is 17.3 Å².